The highest BCUT2D eigenvalue weighted by molar-refractivity contribution is 6.31. The number of Topliss-reactive ketones (excluding diaryl/α,β-unsaturated/α-hetero) is 1. The maximum Gasteiger partial charge on any atom is 0.170 e. The van der Waals surface area contributed by atoms with Gasteiger partial charge in [0.1, 0.15) is 5.75 Å². The van der Waals surface area contributed by atoms with Gasteiger partial charge in [0.05, 0.1) is 12.7 Å². The van der Waals surface area contributed by atoms with Crippen LogP contribution in [-0.2, 0) is 0 Å². The Balaban J connectivity index is 3.11. The number of halogens is 1. The van der Waals surface area contributed by atoms with E-state index in [2.05, 4.69) is 0 Å². The van der Waals surface area contributed by atoms with Crippen LogP contribution in [0, 0.1) is 5.92 Å². The predicted molar refractivity (Wildman–Crippen MR) is 65.1 cm³/mol. The minimum Gasteiger partial charge on any atom is -0.496 e. The Kier molecular flexibility index (Phi) is 4.33. The lowest BCUT2D eigenvalue weighted by atomic mass is 9.93. The molecule has 0 bridgehead atoms. The number of hydrogen-bond acceptors (Lipinski definition) is 3. The second-order valence-electron chi connectivity index (χ2n) is 3.86. The van der Waals surface area contributed by atoms with Crippen LogP contribution in [0.3, 0.4) is 0 Å². The van der Waals surface area contributed by atoms with Crippen molar-refractivity contribution in [1.29, 1.82) is 0 Å². The highest BCUT2D eigenvalue weighted by Gasteiger charge is 2.22. The fourth-order valence-corrected chi connectivity index (χ4v) is 1.53. The van der Waals surface area contributed by atoms with Gasteiger partial charge in [-0.2, -0.15) is 0 Å². The molecular weight excluding hydrogens is 226 g/mol. The first-order chi connectivity index (χ1) is 7.47. The van der Waals surface area contributed by atoms with Crippen molar-refractivity contribution in [2.45, 2.75) is 19.9 Å². The Labute approximate surface area is 101 Å². The summed E-state index contributed by atoms with van der Waals surface area (Å²) in [5, 5.41) is 0.515. The van der Waals surface area contributed by atoms with Crippen molar-refractivity contribution in [3.8, 4) is 5.75 Å². The molecule has 0 aliphatic heterocycles. The number of benzene rings is 1. The quantitative estimate of drug-likeness (QED) is 0.825. The number of methoxy groups -OCH3 is 1. The summed E-state index contributed by atoms with van der Waals surface area (Å²) in [7, 11) is 1.52. The molecule has 0 aromatic heterocycles. The van der Waals surface area contributed by atoms with Crippen LogP contribution in [0.1, 0.15) is 24.2 Å². The van der Waals surface area contributed by atoms with Gasteiger partial charge in [-0.3, -0.25) is 4.79 Å². The number of hydrogen-bond donors (Lipinski definition) is 1. The lowest BCUT2D eigenvalue weighted by Gasteiger charge is -2.16. The average Bonchev–Trinajstić information content (AvgIpc) is 2.26. The molecule has 0 spiro atoms. The molecule has 0 aliphatic rings. The minimum absolute atomic E-state index is 0.0469. The summed E-state index contributed by atoms with van der Waals surface area (Å²) in [5.74, 6) is 0.226. The van der Waals surface area contributed by atoms with Crippen molar-refractivity contribution in [3.63, 3.8) is 0 Å². The molecule has 0 saturated carbocycles. The SMILES string of the molecule is COc1ccc(Cl)cc1C(=O)C(C)C(C)N. The first-order valence-corrected chi connectivity index (χ1v) is 5.48. The van der Waals surface area contributed by atoms with Crippen LogP contribution < -0.4 is 10.5 Å². The highest BCUT2D eigenvalue weighted by Crippen LogP contribution is 2.25. The molecule has 3 nitrogen and oxygen atoms in total. The molecule has 0 aliphatic carbocycles. The molecule has 0 heterocycles. The second-order valence-corrected chi connectivity index (χ2v) is 4.29. The Bertz CT molecular complexity index is 391. The smallest absolute Gasteiger partial charge is 0.170 e. The molecule has 1 aromatic carbocycles. The van der Waals surface area contributed by atoms with Crippen molar-refractivity contribution in [2.24, 2.45) is 11.7 Å². The van der Waals surface area contributed by atoms with Crippen molar-refractivity contribution in [1.82, 2.24) is 0 Å². The Morgan fingerprint density at radius 1 is 1.44 bits per heavy atom. The molecule has 2 unspecified atom stereocenters. The standard InChI is InChI=1S/C12H16ClNO2/c1-7(8(2)14)12(15)10-6-9(13)4-5-11(10)16-3/h4-8H,14H2,1-3H3. The predicted octanol–water partition coefficient (Wildman–Crippen LogP) is 2.51. The fraction of sp³-hybridized carbons (Fsp3) is 0.417. The van der Waals surface area contributed by atoms with Gasteiger partial charge in [-0.1, -0.05) is 18.5 Å². The number of carbonyl (C=O) groups is 1. The normalized spacial score (nSPS) is 14.3. The molecular formula is C12H16ClNO2. The minimum atomic E-state index is -0.257. The molecule has 88 valence electrons. The summed E-state index contributed by atoms with van der Waals surface area (Å²) in [5.41, 5.74) is 6.20. The van der Waals surface area contributed by atoms with E-state index >= 15 is 0 Å². The van der Waals surface area contributed by atoms with Crippen LogP contribution in [0.5, 0.6) is 5.75 Å². The molecule has 0 radical (unpaired) electrons. The molecule has 1 rings (SSSR count). The lowest BCUT2D eigenvalue weighted by molar-refractivity contribution is 0.0914. The van der Waals surface area contributed by atoms with Gasteiger partial charge in [-0.15, -0.1) is 0 Å². The van der Waals surface area contributed by atoms with E-state index < -0.39 is 0 Å². The third-order valence-corrected chi connectivity index (χ3v) is 2.86. The van der Waals surface area contributed by atoms with Gasteiger partial charge < -0.3 is 10.5 Å². The van der Waals surface area contributed by atoms with E-state index in [0.29, 0.717) is 16.3 Å². The van der Waals surface area contributed by atoms with E-state index in [0.717, 1.165) is 0 Å². The number of carbonyl (C=O) groups excluding carboxylic acids is 1. The van der Waals surface area contributed by atoms with Crippen molar-refractivity contribution in [2.75, 3.05) is 7.11 Å². The molecule has 1 aromatic rings. The lowest BCUT2D eigenvalue weighted by Crippen LogP contribution is -2.30. The van der Waals surface area contributed by atoms with E-state index in [1.807, 2.05) is 0 Å². The largest absolute Gasteiger partial charge is 0.496 e. The van der Waals surface area contributed by atoms with E-state index in [1.54, 1.807) is 32.0 Å². The maximum absolute atomic E-state index is 12.1. The summed E-state index contributed by atoms with van der Waals surface area (Å²) in [4.78, 5) is 12.1. The maximum atomic E-state index is 12.1. The molecule has 0 fully saturated rings. The Hall–Kier alpha value is -1.06. The third-order valence-electron chi connectivity index (χ3n) is 2.63. The first kappa shape index (κ1) is 13.0. The van der Waals surface area contributed by atoms with Crippen LogP contribution in [0.15, 0.2) is 18.2 Å². The van der Waals surface area contributed by atoms with Crippen LogP contribution in [-0.4, -0.2) is 18.9 Å². The molecule has 2 N–H and O–H groups in total. The van der Waals surface area contributed by atoms with Gasteiger partial charge >= 0.3 is 0 Å². The zero-order valence-electron chi connectivity index (χ0n) is 9.66. The Morgan fingerprint density at radius 3 is 2.56 bits per heavy atom. The number of ether oxygens (including phenoxy) is 1. The zero-order valence-corrected chi connectivity index (χ0v) is 10.4. The third kappa shape index (κ3) is 2.74. The average molecular weight is 242 g/mol. The summed E-state index contributed by atoms with van der Waals surface area (Å²) in [6.07, 6.45) is 0. The van der Waals surface area contributed by atoms with Crippen LogP contribution in [0.4, 0.5) is 0 Å². The van der Waals surface area contributed by atoms with Gasteiger partial charge in [-0.25, -0.2) is 0 Å². The second kappa shape index (κ2) is 5.32. The van der Waals surface area contributed by atoms with Crippen LogP contribution in [0.25, 0.3) is 0 Å². The molecule has 2 atom stereocenters. The topological polar surface area (TPSA) is 52.3 Å². The summed E-state index contributed by atoms with van der Waals surface area (Å²) >= 11 is 5.86. The van der Waals surface area contributed by atoms with Gasteiger partial charge in [0.25, 0.3) is 0 Å². The number of ketones is 1. The van der Waals surface area contributed by atoms with Gasteiger partial charge in [0.2, 0.25) is 0 Å². The van der Waals surface area contributed by atoms with E-state index in [4.69, 9.17) is 22.1 Å². The highest BCUT2D eigenvalue weighted by atomic mass is 35.5. The van der Waals surface area contributed by atoms with Gasteiger partial charge in [-0.05, 0) is 25.1 Å². The van der Waals surface area contributed by atoms with E-state index in [1.165, 1.54) is 7.11 Å². The van der Waals surface area contributed by atoms with E-state index in [9.17, 15) is 4.79 Å². The molecule has 4 heteroatoms. The number of nitrogens with two attached hydrogens (primary N) is 1. The monoisotopic (exact) mass is 241 g/mol. The van der Waals surface area contributed by atoms with Gasteiger partial charge in [0.15, 0.2) is 5.78 Å². The van der Waals surface area contributed by atoms with Crippen molar-refractivity contribution >= 4 is 17.4 Å². The van der Waals surface area contributed by atoms with E-state index in [-0.39, 0.29) is 17.7 Å². The molecule has 0 saturated heterocycles. The summed E-state index contributed by atoms with van der Waals surface area (Å²) < 4.78 is 5.13. The summed E-state index contributed by atoms with van der Waals surface area (Å²) in [6.45, 7) is 3.60. The first-order valence-electron chi connectivity index (χ1n) is 5.10. The molecule has 0 amide bonds. The van der Waals surface area contributed by atoms with Crippen LogP contribution in [0.2, 0.25) is 5.02 Å². The fourth-order valence-electron chi connectivity index (χ4n) is 1.36. The Morgan fingerprint density at radius 2 is 2.06 bits per heavy atom. The van der Waals surface area contributed by atoms with Gasteiger partial charge in [0, 0.05) is 17.0 Å². The molecule has 16 heavy (non-hydrogen) atoms. The van der Waals surface area contributed by atoms with Crippen LogP contribution >= 0.6 is 11.6 Å². The summed E-state index contributed by atoms with van der Waals surface area (Å²) in [6, 6.07) is 4.79. The zero-order chi connectivity index (χ0) is 12.3. The van der Waals surface area contributed by atoms with Crippen molar-refractivity contribution in [3.05, 3.63) is 28.8 Å². The number of rotatable bonds is 4. The van der Waals surface area contributed by atoms with Crippen molar-refractivity contribution < 1.29 is 9.53 Å².